The van der Waals surface area contributed by atoms with Gasteiger partial charge in [0.25, 0.3) is 15.9 Å². The van der Waals surface area contributed by atoms with E-state index in [1.807, 2.05) is 30.3 Å². The minimum absolute atomic E-state index is 0.0894. The zero-order valence-electron chi connectivity index (χ0n) is 30.1. The Labute approximate surface area is 327 Å². The zero-order valence-corrected chi connectivity index (χ0v) is 33.2. The maximum atomic E-state index is 14.4. The van der Waals surface area contributed by atoms with Gasteiger partial charge in [-0.2, -0.15) is 0 Å². The molecule has 3 N–H and O–H groups in total. The summed E-state index contributed by atoms with van der Waals surface area (Å²) in [5.74, 6) is -2.87. The topological polar surface area (TPSA) is 181 Å². The third-order valence-electron chi connectivity index (χ3n) is 9.84. The van der Waals surface area contributed by atoms with E-state index in [0.29, 0.717) is 32.4 Å². The van der Waals surface area contributed by atoms with Gasteiger partial charge in [0.15, 0.2) is 0 Å². The predicted molar refractivity (Wildman–Crippen MR) is 200 cm³/mol. The molecule has 0 radical (unpaired) electrons. The highest BCUT2D eigenvalue weighted by Gasteiger charge is 2.62. The molecule has 0 unspecified atom stereocenters. The van der Waals surface area contributed by atoms with Crippen molar-refractivity contribution in [3.05, 3.63) is 62.3 Å². The van der Waals surface area contributed by atoms with Crippen LogP contribution in [0.5, 0.6) is 0 Å². The Morgan fingerprint density at radius 2 is 1.76 bits per heavy atom. The number of rotatable bonds is 5. The standard InChI is InChI=1S/C36H43Cl2N5O9S2/c1-35(2,3)52-33(47)39-25-14-8-6-4-5-7-13-23-17-36(23,32(46)41-54(49,50)27-16-28(37)53-29(27)38)40-30(44)26-15-24(20-43(26)31(25)45)51-34(48)42-18-21-11-9-10-12-22(21)19-42/h7,9-13,16,23-26H,4-6,8,14-15,17-20H2,1-3H3,(H,39,47)(H,40,44)(H,41,46)/b13-7-/t23-,24+,25-,26-,36-/m0/s1. The summed E-state index contributed by atoms with van der Waals surface area (Å²) in [5.41, 5.74) is -0.538. The van der Waals surface area contributed by atoms with Gasteiger partial charge in [-0.15, -0.1) is 11.3 Å². The zero-order chi connectivity index (χ0) is 39.0. The van der Waals surface area contributed by atoms with Crippen LogP contribution in [0.3, 0.4) is 0 Å². The number of fused-ring (bicyclic) bond motifs is 3. The maximum absolute atomic E-state index is 14.4. The molecule has 3 aliphatic heterocycles. The first kappa shape index (κ1) is 39.8. The largest absolute Gasteiger partial charge is 0.444 e. The van der Waals surface area contributed by atoms with Crippen LogP contribution >= 0.6 is 34.5 Å². The van der Waals surface area contributed by atoms with Crippen LogP contribution in [0.1, 0.15) is 76.8 Å². The van der Waals surface area contributed by atoms with Gasteiger partial charge in [-0.25, -0.2) is 22.7 Å². The molecule has 54 heavy (non-hydrogen) atoms. The molecule has 1 aromatic heterocycles. The number of ether oxygens (including phenoxy) is 2. The smallest absolute Gasteiger partial charge is 0.410 e. The van der Waals surface area contributed by atoms with Gasteiger partial charge in [-0.3, -0.25) is 19.3 Å². The molecule has 0 spiro atoms. The average molecular weight is 825 g/mol. The van der Waals surface area contributed by atoms with Crippen molar-refractivity contribution >= 4 is 74.5 Å². The van der Waals surface area contributed by atoms with E-state index in [-0.39, 0.29) is 39.4 Å². The number of sulfonamides is 1. The number of hydrogen-bond acceptors (Lipinski definition) is 10. The fraction of sp³-hybridized carbons (Fsp3) is 0.528. The number of halogens is 2. The number of amides is 5. The maximum Gasteiger partial charge on any atom is 0.410 e. The van der Waals surface area contributed by atoms with Gasteiger partial charge in [0.05, 0.1) is 10.9 Å². The average Bonchev–Trinajstić information content (AvgIpc) is 3.38. The summed E-state index contributed by atoms with van der Waals surface area (Å²) in [6.45, 7) is 5.61. The third-order valence-corrected chi connectivity index (χ3v) is 12.9. The molecule has 292 valence electrons. The predicted octanol–water partition coefficient (Wildman–Crippen LogP) is 5.27. The number of nitrogens with one attached hydrogen (secondary N) is 3. The summed E-state index contributed by atoms with van der Waals surface area (Å²) in [7, 11) is -4.48. The lowest BCUT2D eigenvalue weighted by atomic mass is 10.0. The lowest BCUT2D eigenvalue weighted by Crippen LogP contribution is -2.58. The molecule has 2 aromatic rings. The number of hydrogen-bond donors (Lipinski definition) is 3. The van der Waals surface area contributed by atoms with Crippen LogP contribution in [0.2, 0.25) is 8.67 Å². The summed E-state index contributed by atoms with van der Waals surface area (Å²) in [4.78, 5) is 71.3. The lowest BCUT2D eigenvalue weighted by molar-refractivity contribution is -0.141. The van der Waals surface area contributed by atoms with Crippen molar-refractivity contribution in [2.24, 2.45) is 5.92 Å². The van der Waals surface area contributed by atoms with Crippen LogP contribution in [-0.2, 0) is 47.0 Å². The van der Waals surface area contributed by atoms with E-state index >= 15 is 0 Å². The molecule has 1 saturated carbocycles. The van der Waals surface area contributed by atoms with E-state index in [1.165, 1.54) is 9.80 Å². The van der Waals surface area contributed by atoms with Crippen molar-refractivity contribution < 1.29 is 41.9 Å². The summed E-state index contributed by atoms with van der Waals surface area (Å²) >= 11 is 12.9. The number of carbonyl (C=O) groups excluding carboxylic acids is 5. The summed E-state index contributed by atoms with van der Waals surface area (Å²) in [5, 5.41) is 5.45. The number of allylic oxidation sites excluding steroid dienone is 1. The van der Waals surface area contributed by atoms with Crippen molar-refractivity contribution in [1.82, 2.24) is 25.2 Å². The van der Waals surface area contributed by atoms with Crippen LogP contribution in [-0.4, -0.2) is 84.0 Å². The Bertz CT molecular complexity index is 1940. The molecule has 1 aliphatic carbocycles. The highest BCUT2D eigenvalue weighted by atomic mass is 35.5. The van der Waals surface area contributed by atoms with Crippen molar-refractivity contribution in [3.8, 4) is 0 Å². The van der Waals surface area contributed by atoms with E-state index in [2.05, 4.69) is 15.4 Å². The second-order valence-corrected chi connectivity index (χ2v) is 19.0. The third kappa shape index (κ3) is 8.98. The fourth-order valence-electron chi connectivity index (χ4n) is 7.07. The van der Waals surface area contributed by atoms with E-state index < -0.39 is 75.2 Å². The highest BCUT2D eigenvalue weighted by molar-refractivity contribution is 7.90. The minimum atomic E-state index is -4.48. The SMILES string of the molecule is CC(C)(C)OC(=O)N[C@H]1CCCCC/C=C\[C@H]2C[C@]2(C(=O)NS(=O)(=O)c2cc(Cl)sc2Cl)NC(=O)[C@@H]2C[C@@H](OC(=O)N3Cc4ccccc4C3)CN2C1=O. The van der Waals surface area contributed by atoms with Crippen molar-refractivity contribution in [2.75, 3.05) is 6.54 Å². The second-order valence-electron chi connectivity index (χ2n) is 15.0. The normalized spacial score (nSPS) is 26.6. The van der Waals surface area contributed by atoms with Crippen molar-refractivity contribution in [2.45, 2.75) is 113 Å². The lowest BCUT2D eigenvalue weighted by Gasteiger charge is -2.30. The Morgan fingerprint density at radius 1 is 1.06 bits per heavy atom. The van der Waals surface area contributed by atoms with E-state index in [1.54, 1.807) is 26.8 Å². The van der Waals surface area contributed by atoms with Gasteiger partial charge < -0.3 is 25.0 Å². The summed E-state index contributed by atoms with van der Waals surface area (Å²) < 4.78 is 39.9. The molecule has 0 bridgehead atoms. The molecule has 14 nitrogen and oxygen atoms in total. The highest BCUT2D eigenvalue weighted by Crippen LogP contribution is 2.46. The first-order valence-corrected chi connectivity index (χ1v) is 20.8. The first-order valence-electron chi connectivity index (χ1n) is 17.8. The Kier molecular flexibility index (Phi) is 11.6. The quantitative estimate of drug-likeness (QED) is 0.339. The van der Waals surface area contributed by atoms with Gasteiger partial charge >= 0.3 is 12.2 Å². The van der Waals surface area contributed by atoms with Gasteiger partial charge in [0, 0.05) is 25.4 Å². The molecule has 1 saturated heterocycles. The Morgan fingerprint density at radius 3 is 2.41 bits per heavy atom. The monoisotopic (exact) mass is 823 g/mol. The van der Waals surface area contributed by atoms with Crippen LogP contribution in [0.4, 0.5) is 9.59 Å². The van der Waals surface area contributed by atoms with Crippen LogP contribution < -0.4 is 15.4 Å². The van der Waals surface area contributed by atoms with E-state index in [4.69, 9.17) is 32.7 Å². The Hall–Kier alpha value is -3.86. The minimum Gasteiger partial charge on any atom is -0.444 e. The van der Waals surface area contributed by atoms with Crippen molar-refractivity contribution in [3.63, 3.8) is 0 Å². The first-order chi connectivity index (χ1) is 25.5. The number of benzene rings is 1. The van der Waals surface area contributed by atoms with Crippen LogP contribution in [0, 0.1) is 5.92 Å². The molecule has 4 heterocycles. The fourth-order valence-corrected chi connectivity index (χ4v) is 10.3. The molecule has 1 aromatic carbocycles. The molecule has 6 rings (SSSR count). The molecule has 18 heteroatoms. The molecule has 2 fully saturated rings. The molecular weight excluding hydrogens is 781 g/mol. The van der Waals surface area contributed by atoms with E-state index in [0.717, 1.165) is 35.0 Å². The van der Waals surface area contributed by atoms with Crippen LogP contribution in [0.15, 0.2) is 47.4 Å². The summed E-state index contributed by atoms with van der Waals surface area (Å²) in [6.07, 6.45) is 4.22. The number of thiophene rings is 1. The van der Waals surface area contributed by atoms with Gasteiger partial charge in [-0.1, -0.05) is 72.5 Å². The molecule has 4 aliphatic rings. The van der Waals surface area contributed by atoms with E-state index in [9.17, 15) is 32.4 Å². The molecule has 5 atom stereocenters. The molecule has 5 amide bonds. The summed E-state index contributed by atoms with van der Waals surface area (Å²) in [6, 6.07) is 6.45. The van der Waals surface area contributed by atoms with Gasteiger partial charge in [-0.05, 0) is 63.6 Å². The van der Waals surface area contributed by atoms with Gasteiger partial charge in [0.1, 0.15) is 38.6 Å². The number of carbonyl (C=O) groups is 5. The molecular formula is C36H43Cl2N5O9S2. The number of nitrogens with zero attached hydrogens (tertiary/aromatic N) is 2. The van der Waals surface area contributed by atoms with Crippen LogP contribution in [0.25, 0.3) is 0 Å². The van der Waals surface area contributed by atoms with Crippen molar-refractivity contribution in [1.29, 1.82) is 0 Å². The Balaban J connectivity index is 1.27. The van der Waals surface area contributed by atoms with Gasteiger partial charge in [0.2, 0.25) is 11.8 Å². The second kappa shape index (κ2) is 15.7. The number of alkyl carbamates (subject to hydrolysis) is 1.